The molecule has 2 unspecified atom stereocenters. The Bertz CT molecular complexity index is 2480. The van der Waals surface area contributed by atoms with Gasteiger partial charge < -0.3 is 19.3 Å². The molecule has 2 N–H and O–H groups in total. The summed E-state index contributed by atoms with van der Waals surface area (Å²) < 4.78 is 22.0. The highest BCUT2D eigenvalue weighted by Gasteiger charge is 2.61. The average Bonchev–Trinajstić information content (AvgIpc) is 3.73. The minimum atomic E-state index is -1.45. The number of fused-ring (bicyclic) bond motifs is 1. The van der Waals surface area contributed by atoms with Crippen LogP contribution in [0.25, 0.3) is 11.2 Å². The molecule has 8 rings (SSSR count). The fourth-order valence-corrected chi connectivity index (χ4v) is 8.56. The molecule has 0 fully saturated rings. The minimum Gasteiger partial charge on any atom is -0.509 e. The predicted octanol–water partition coefficient (Wildman–Crippen LogP) is 8.59. The molecule has 0 amide bonds. The van der Waals surface area contributed by atoms with Crippen molar-refractivity contribution < 1.29 is 24.2 Å². The molecule has 7 aromatic rings. The Morgan fingerprint density at radius 3 is 1.73 bits per heavy atom. The van der Waals surface area contributed by atoms with Crippen molar-refractivity contribution in [1.82, 2.24) is 19.5 Å². The Balaban J connectivity index is 1.32. The van der Waals surface area contributed by atoms with Crippen LogP contribution in [0.15, 0.2) is 187 Å². The van der Waals surface area contributed by atoms with Gasteiger partial charge in [0.25, 0.3) is 5.56 Å². The van der Waals surface area contributed by atoms with Crippen molar-refractivity contribution in [2.24, 2.45) is 0 Å². The van der Waals surface area contributed by atoms with Crippen LogP contribution in [-0.4, -0.2) is 57.2 Å². The minimum absolute atomic E-state index is 0.00283. The smallest absolute Gasteiger partial charge is 0.280 e. The van der Waals surface area contributed by atoms with Crippen molar-refractivity contribution in [2.75, 3.05) is 25.9 Å². The first-order chi connectivity index (χ1) is 29.4. The normalized spacial score (nSPS) is 16.8. The van der Waals surface area contributed by atoms with E-state index < -0.39 is 28.4 Å². The van der Waals surface area contributed by atoms with Crippen LogP contribution in [0, 0.1) is 0 Å². The lowest BCUT2D eigenvalue weighted by molar-refractivity contribution is -0.222. The molecule has 0 spiro atoms. The summed E-state index contributed by atoms with van der Waals surface area (Å²) in [7, 11) is 3.15. The van der Waals surface area contributed by atoms with Gasteiger partial charge in [-0.1, -0.05) is 165 Å². The fourth-order valence-electron chi connectivity index (χ4n) is 8.56. The van der Waals surface area contributed by atoms with E-state index in [1.54, 1.807) is 36.0 Å². The van der Waals surface area contributed by atoms with Crippen LogP contribution in [0.2, 0.25) is 0 Å². The number of allylic oxidation sites excluding steroid dienone is 2. The van der Waals surface area contributed by atoms with E-state index in [0.29, 0.717) is 13.0 Å². The maximum atomic E-state index is 14.2. The molecule has 1 aliphatic carbocycles. The number of methoxy groups -OCH3 is 1. The number of hydrogen-bond donors (Lipinski definition) is 2. The van der Waals surface area contributed by atoms with Gasteiger partial charge in [0.1, 0.15) is 18.0 Å². The number of ether oxygens (including phenoxy) is 3. The molecule has 5 aromatic carbocycles. The van der Waals surface area contributed by atoms with E-state index in [-0.39, 0.29) is 29.6 Å². The van der Waals surface area contributed by atoms with Crippen LogP contribution in [-0.2, 0) is 36.9 Å². The number of imidazole rings is 1. The third-order valence-corrected chi connectivity index (χ3v) is 11.1. The molecule has 0 radical (unpaired) electrons. The highest BCUT2D eigenvalue weighted by atomic mass is 16.7. The molecule has 0 saturated carbocycles. The third kappa shape index (κ3) is 6.71. The van der Waals surface area contributed by atoms with E-state index in [1.165, 1.54) is 6.33 Å². The zero-order chi connectivity index (χ0) is 41.6. The molecule has 11 nitrogen and oxygen atoms in total. The van der Waals surface area contributed by atoms with Gasteiger partial charge in [-0.2, -0.15) is 4.98 Å². The Kier molecular flexibility index (Phi) is 11.6. The monoisotopic (exact) mass is 801 g/mol. The maximum Gasteiger partial charge on any atom is 0.280 e. The Labute approximate surface area is 348 Å². The number of aromatic nitrogens is 4. The summed E-state index contributed by atoms with van der Waals surface area (Å²) in [6.45, 7) is 2.21. The number of aliphatic hydroxyl groups excluding tert-OH is 1. The highest BCUT2D eigenvalue weighted by Crippen LogP contribution is 2.51. The van der Waals surface area contributed by atoms with Crippen LogP contribution in [0.1, 0.15) is 41.2 Å². The summed E-state index contributed by atoms with van der Waals surface area (Å²) in [4.78, 5) is 33.2. The zero-order valence-corrected chi connectivity index (χ0v) is 33.7. The lowest BCUT2D eigenvalue weighted by Crippen LogP contribution is -2.63. The molecule has 304 valence electrons. The topological polar surface area (TPSA) is 124 Å². The molecule has 60 heavy (non-hydrogen) atoms. The summed E-state index contributed by atoms with van der Waals surface area (Å²) in [5.41, 5.74) is -0.0235. The summed E-state index contributed by atoms with van der Waals surface area (Å²) in [6.07, 6.45) is 6.53. The number of aliphatic hydroxyl groups is 1. The lowest BCUT2D eigenvalue weighted by atomic mass is 9.67. The Hall–Kier alpha value is -6.63. The van der Waals surface area contributed by atoms with Crippen molar-refractivity contribution in [1.29, 1.82) is 0 Å². The number of rotatable bonds is 16. The quantitative estimate of drug-likeness (QED) is 0.0731. The van der Waals surface area contributed by atoms with Crippen molar-refractivity contribution in [2.45, 2.75) is 42.9 Å². The summed E-state index contributed by atoms with van der Waals surface area (Å²) >= 11 is 0. The standard InChI is InChI=1S/C49H47N5O6/c1-4-33-59-43-41(55)31-20-32-47(43,57-2)49(39-27-16-8-17-28-39,40-29-18-9-19-30-40)60-35-53-34-50-42-44(53)51-46(52-45(42)56)54(58-3)48(36-21-10-5-11-22-36,37-23-12-6-13-24-37)38-25-14-7-15-26-38/h5-32,34,43,55H,4,33,35H2,1-3H3,(H,51,52,56). The molecular formula is C49H47N5O6. The second-order valence-corrected chi connectivity index (χ2v) is 14.4. The number of nitrogens with zero attached hydrogens (tertiary/aromatic N) is 4. The molecule has 1 aliphatic rings. The van der Waals surface area contributed by atoms with Gasteiger partial charge in [-0.3, -0.25) is 19.2 Å². The van der Waals surface area contributed by atoms with Crippen LogP contribution in [0.3, 0.4) is 0 Å². The first-order valence-corrected chi connectivity index (χ1v) is 19.9. The number of anilines is 1. The fraction of sp³-hybridized carbons (Fsp3) is 0.204. The first-order valence-electron chi connectivity index (χ1n) is 19.9. The molecule has 2 aromatic heterocycles. The Morgan fingerprint density at radius 1 is 0.767 bits per heavy atom. The third-order valence-electron chi connectivity index (χ3n) is 11.1. The van der Waals surface area contributed by atoms with Gasteiger partial charge in [0, 0.05) is 13.7 Å². The summed E-state index contributed by atoms with van der Waals surface area (Å²) in [5, 5.41) is 13.2. The van der Waals surface area contributed by atoms with Crippen LogP contribution in [0.4, 0.5) is 5.95 Å². The van der Waals surface area contributed by atoms with Crippen molar-refractivity contribution in [3.8, 4) is 0 Å². The van der Waals surface area contributed by atoms with Crippen molar-refractivity contribution in [3.63, 3.8) is 0 Å². The van der Waals surface area contributed by atoms with E-state index in [2.05, 4.69) is 9.97 Å². The van der Waals surface area contributed by atoms with Gasteiger partial charge in [-0.05, 0) is 46.4 Å². The molecular weight excluding hydrogens is 755 g/mol. The number of aromatic amines is 1. The van der Waals surface area contributed by atoms with Gasteiger partial charge >= 0.3 is 0 Å². The summed E-state index contributed by atoms with van der Waals surface area (Å²) in [5.74, 6) is 0.134. The number of hydroxylamine groups is 1. The molecule has 2 atom stereocenters. The Morgan fingerprint density at radius 2 is 1.27 bits per heavy atom. The number of nitrogens with one attached hydrogen (secondary N) is 1. The second kappa shape index (κ2) is 17.3. The molecule has 0 saturated heterocycles. The van der Waals surface area contributed by atoms with Gasteiger partial charge in [0.15, 0.2) is 28.5 Å². The van der Waals surface area contributed by atoms with E-state index in [4.69, 9.17) is 24.0 Å². The van der Waals surface area contributed by atoms with Gasteiger partial charge in [0.2, 0.25) is 5.95 Å². The van der Waals surface area contributed by atoms with Crippen molar-refractivity contribution >= 4 is 17.1 Å². The number of H-pyrrole nitrogens is 1. The van der Waals surface area contributed by atoms with E-state index >= 15 is 0 Å². The average molecular weight is 802 g/mol. The van der Waals surface area contributed by atoms with E-state index in [1.807, 2.05) is 165 Å². The van der Waals surface area contributed by atoms with Gasteiger partial charge in [-0.15, -0.1) is 0 Å². The SMILES string of the molecule is CCCOC1C(O)=CC=CC1(OC)C(OCn1cnc2c(=O)[nH]c(N(OC)C(c3ccccc3)(c3ccccc3)c3ccccc3)nc21)(c1ccccc1)c1ccccc1. The van der Waals surface area contributed by atoms with E-state index in [0.717, 1.165) is 27.8 Å². The van der Waals surface area contributed by atoms with Crippen LogP contribution < -0.4 is 10.6 Å². The second-order valence-electron chi connectivity index (χ2n) is 14.4. The number of hydrogen-bond acceptors (Lipinski definition) is 9. The van der Waals surface area contributed by atoms with Crippen molar-refractivity contribution in [3.05, 3.63) is 220 Å². The largest absolute Gasteiger partial charge is 0.509 e. The summed E-state index contributed by atoms with van der Waals surface area (Å²) in [6, 6.07) is 49.4. The van der Waals surface area contributed by atoms with Gasteiger partial charge in [0.05, 0.1) is 13.4 Å². The highest BCUT2D eigenvalue weighted by molar-refractivity contribution is 5.71. The van der Waals surface area contributed by atoms with Gasteiger partial charge in [-0.25, -0.2) is 10.0 Å². The maximum absolute atomic E-state index is 14.2. The predicted molar refractivity (Wildman–Crippen MR) is 231 cm³/mol. The molecule has 2 heterocycles. The molecule has 11 heteroatoms. The first kappa shape index (κ1) is 40.2. The zero-order valence-electron chi connectivity index (χ0n) is 33.7. The van der Waals surface area contributed by atoms with Crippen LogP contribution >= 0.6 is 0 Å². The molecule has 0 bridgehead atoms. The lowest BCUT2D eigenvalue weighted by Gasteiger charge is -2.52. The van der Waals surface area contributed by atoms with E-state index in [9.17, 15) is 9.90 Å². The molecule has 0 aliphatic heterocycles. The van der Waals surface area contributed by atoms with Crippen LogP contribution in [0.5, 0.6) is 0 Å². The number of benzene rings is 5.